The molecule has 2 fully saturated rings. The third kappa shape index (κ3) is 2.76. The maximum absolute atomic E-state index is 12.1. The molecule has 1 aromatic rings. The van der Waals surface area contributed by atoms with Crippen molar-refractivity contribution in [1.29, 1.82) is 0 Å². The van der Waals surface area contributed by atoms with Gasteiger partial charge in [-0.05, 0) is 55.4 Å². The van der Waals surface area contributed by atoms with E-state index in [0.29, 0.717) is 5.69 Å². The van der Waals surface area contributed by atoms with E-state index in [4.69, 9.17) is 0 Å². The van der Waals surface area contributed by atoms with Crippen LogP contribution in [0.15, 0.2) is 24.3 Å². The number of anilines is 2. The molecule has 1 aromatic carbocycles. The Hall–Kier alpha value is -2.04. The number of carbonyl (C=O) groups is 2. The number of amides is 3. The second-order valence-electron chi connectivity index (χ2n) is 5.69. The molecular weight excluding hydrogens is 254 g/mol. The highest BCUT2D eigenvalue weighted by Crippen LogP contribution is 2.54. The number of urea groups is 1. The summed E-state index contributed by atoms with van der Waals surface area (Å²) in [5.74, 6) is 1.93. The van der Waals surface area contributed by atoms with E-state index in [-0.39, 0.29) is 17.9 Å². The molecule has 3 amide bonds. The van der Waals surface area contributed by atoms with Crippen LogP contribution in [0, 0.1) is 17.8 Å². The molecule has 0 aliphatic heterocycles. The van der Waals surface area contributed by atoms with Gasteiger partial charge in [-0.2, -0.15) is 0 Å². The van der Waals surface area contributed by atoms with Crippen LogP contribution in [0.3, 0.4) is 0 Å². The zero-order valence-corrected chi connectivity index (χ0v) is 11.5. The zero-order valence-electron chi connectivity index (χ0n) is 11.5. The second kappa shape index (κ2) is 5.15. The summed E-state index contributed by atoms with van der Waals surface area (Å²) in [5, 5.41) is 8.11. The summed E-state index contributed by atoms with van der Waals surface area (Å²) in [6.45, 7) is 0. The monoisotopic (exact) mass is 273 g/mol. The van der Waals surface area contributed by atoms with Gasteiger partial charge in [0.1, 0.15) is 0 Å². The van der Waals surface area contributed by atoms with E-state index >= 15 is 0 Å². The number of fused-ring (bicyclic) bond motifs is 1. The van der Waals surface area contributed by atoms with Gasteiger partial charge in [0.05, 0.1) is 0 Å². The van der Waals surface area contributed by atoms with Crippen molar-refractivity contribution < 1.29 is 9.59 Å². The van der Waals surface area contributed by atoms with Gasteiger partial charge in [0.25, 0.3) is 0 Å². The first-order chi connectivity index (χ1) is 9.65. The largest absolute Gasteiger partial charge is 0.341 e. The average molecular weight is 273 g/mol. The Kier molecular flexibility index (Phi) is 3.34. The Morgan fingerprint density at radius 1 is 0.950 bits per heavy atom. The Balaban J connectivity index is 1.54. The number of hydrogen-bond donors (Lipinski definition) is 3. The van der Waals surface area contributed by atoms with Crippen LogP contribution in [-0.2, 0) is 4.79 Å². The molecule has 2 saturated carbocycles. The first-order valence-electron chi connectivity index (χ1n) is 7.05. The number of carbonyl (C=O) groups excluding carboxylic acids is 2. The van der Waals surface area contributed by atoms with Gasteiger partial charge in [-0.3, -0.25) is 4.79 Å². The molecule has 5 nitrogen and oxygen atoms in total. The van der Waals surface area contributed by atoms with Crippen LogP contribution in [0.2, 0.25) is 0 Å². The topological polar surface area (TPSA) is 70.2 Å². The molecule has 2 atom stereocenters. The SMILES string of the molecule is CNC(=O)Nc1ccc(NC(=O)C2CC3CC3C2)cc1. The van der Waals surface area contributed by atoms with Crippen LogP contribution < -0.4 is 16.0 Å². The maximum atomic E-state index is 12.1. The molecule has 0 spiro atoms. The van der Waals surface area contributed by atoms with E-state index in [1.54, 1.807) is 31.3 Å². The minimum absolute atomic E-state index is 0.129. The molecule has 2 aliphatic carbocycles. The van der Waals surface area contributed by atoms with Crippen LogP contribution in [0.1, 0.15) is 19.3 Å². The third-order valence-electron chi connectivity index (χ3n) is 4.25. The number of nitrogens with one attached hydrogen (secondary N) is 3. The molecule has 3 rings (SSSR count). The molecule has 20 heavy (non-hydrogen) atoms. The second-order valence-corrected chi connectivity index (χ2v) is 5.69. The highest BCUT2D eigenvalue weighted by Gasteiger charge is 2.47. The molecule has 5 heteroatoms. The Labute approximate surface area is 118 Å². The van der Waals surface area contributed by atoms with Crippen LogP contribution in [-0.4, -0.2) is 19.0 Å². The van der Waals surface area contributed by atoms with E-state index in [0.717, 1.165) is 30.4 Å². The lowest BCUT2D eigenvalue weighted by atomic mass is 10.0. The Bertz CT molecular complexity index is 516. The molecule has 2 unspecified atom stereocenters. The van der Waals surface area contributed by atoms with Gasteiger partial charge in [-0.1, -0.05) is 0 Å². The summed E-state index contributed by atoms with van der Waals surface area (Å²) in [7, 11) is 1.57. The minimum atomic E-state index is -0.257. The van der Waals surface area contributed by atoms with Crippen molar-refractivity contribution in [2.45, 2.75) is 19.3 Å². The fourth-order valence-electron chi connectivity index (χ4n) is 3.00. The predicted octanol–water partition coefficient (Wildman–Crippen LogP) is 2.42. The highest BCUT2D eigenvalue weighted by atomic mass is 16.2. The van der Waals surface area contributed by atoms with Crippen molar-refractivity contribution in [1.82, 2.24) is 5.32 Å². The molecule has 2 aliphatic rings. The molecule has 0 saturated heterocycles. The minimum Gasteiger partial charge on any atom is -0.341 e. The molecule has 106 valence electrons. The van der Waals surface area contributed by atoms with Crippen molar-refractivity contribution >= 4 is 23.3 Å². The first kappa shape index (κ1) is 13.0. The highest BCUT2D eigenvalue weighted by molar-refractivity contribution is 5.93. The fourth-order valence-corrected chi connectivity index (χ4v) is 3.00. The smallest absolute Gasteiger partial charge is 0.318 e. The standard InChI is InChI=1S/C15H19N3O2/c1-16-15(20)18-13-4-2-12(3-5-13)17-14(19)11-7-9-6-10(9)8-11/h2-5,9-11H,6-8H2,1H3,(H,17,19)(H2,16,18,20). The number of rotatable bonds is 3. The van der Waals surface area contributed by atoms with E-state index < -0.39 is 0 Å². The molecule has 3 N–H and O–H groups in total. The number of hydrogen-bond acceptors (Lipinski definition) is 2. The van der Waals surface area contributed by atoms with Gasteiger partial charge in [0, 0.05) is 24.3 Å². The van der Waals surface area contributed by atoms with E-state index in [1.165, 1.54) is 6.42 Å². The van der Waals surface area contributed by atoms with Gasteiger partial charge < -0.3 is 16.0 Å². The van der Waals surface area contributed by atoms with Crippen molar-refractivity contribution in [3.63, 3.8) is 0 Å². The molecule has 0 heterocycles. The normalized spacial score (nSPS) is 26.6. The number of benzene rings is 1. The van der Waals surface area contributed by atoms with Gasteiger partial charge >= 0.3 is 6.03 Å². The van der Waals surface area contributed by atoms with Gasteiger partial charge in [0.15, 0.2) is 0 Å². The van der Waals surface area contributed by atoms with E-state index in [1.807, 2.05) is 0 Å². The average Bonchev–Trinajstić information content (AvgIpc) is 3.07. The van der Waals surface area contributed by atoms with Crippen LogP contribution in [0.25, 0.3) is 0 Å². The zero-order chi connectivity index (χ0) is 14.1. The van der Waals surface area contributed by atoms with Crippen molar-refractivity contribution in [2.75, 3.05) is 17.7 Å². The lowest BCUT2D eigenvalue weighted by molar-refractivity contribution is -0.120. The quantitative estimate of drug-likeness (QED) is 0.791. The predicted molar refractivity (Wildman–Crippen MR) is 77.5 cm³/mol. The summed E-state index contributed by atoms with van der Waals surface area (Å²) < 4.78 is 0. The molecule has 0 radical (unpaired) electrons. The Morgan fingerprint density at radius 2 is 1.50 bits per heavy atom. The van der Waals surface area contributed by atoms with Crippen LogP contribution in [0.5, 0.6) is 0 Å². The Morgan fingerprint density at radius 3 is 2.05 bits per heavy atom. The molecule has 0 aromatic heterocycles. The van der Waals surface area contributed by atoms with Gasteiger partial charge in [-0.15, -0.1) is 0 Å². The fraction of sp³-hybridized carbons (Fsp3) is 0.467. The first-order valence-corrected chi connectivity index (χ1v) is 7.05. The van der Waals surface area contributed by atoms with E-state index in [9.17, 15) is 9.59 Å². The molecular formula is C15H19N3O2. The lowest BCUT2D eigenvalue weighted by Crippen LogP contribution is -2.24. The van der Waals surface area contributed by atoms with Crippen LogP contribution in [0.4, 0.5) is 16.2 Å². The van der Waals surface area contributed by atoms with E-state index in [2.05, 4.69) is 16.0 Å². The molecule has 0 bridgehead atoms. The summed E-state index contributed by atoms with van der Waals surface area (Å²) in [5.41, 5.74) is 1.47. The maximum Gasteiger partial charge on any atom is 0.318 e. The third-order valence-corrected chi connectivity index (χ3v) is 4.25. The van der Waals surface area contributed by atoms with Crippen molar-refractivity contribution in [3.8, 4) is 0 Å². The summed E-state index contributed by atoms with van der Waals surface area (Å²) >= 11 is 0. The van der Waals surface area contributed by atoms with Gasteiger partial charge in [0.2, 0.25) is 5.91 Å². The van der Waals surface area contributed by atoms with Crippen molar-refractivity contribution in [3.05, 3.63) is 24.3 Å². The van der Waals surface area contributed by atoms with Gasteiger partial charge in [-0.25, -0.2) is 4.79 Å². The summed E-state index contributed by atoms with van der Waals surface area (Å²) in [6, 6.07) is 6.90. The van der Waals surface area contributed by atoms with Crippen LogP contribution >= 0.6 is 0 Å². The summed E-state index contributed by atoms with van der Waals surface area (Å²) in [4.78, 5) is 23.3. The summed E-state index contributed by atoms with van der Waals surface area (Å²) in [6.07, 6.45) is 3.42. The van der Waals surface area contributed by atoms with Crippen molar-refractivity contribution in [2.24, 2.45) is 17.8 Å². The lowest BCUT2D eigenvalue weighted by Gasteiger charge is -2.12.